The topological polar surface area (TPSA) is 111 Å². The van der Waals surface area contributed by atoms with Crippen molar-refractivity contribution in [1.29, 1.82) is 0 Å². The first-order valence-electron chi connectivity index (χ1n) is 9.19. The smallest absolute Gasteiger partial charge is 0.344 e. The average Bonchev–Trinajstić information content (AvgIpc) is 3.26. The quantitative estimate of drug-likeness (QED) is 0.413. The van der Waals surface area contributed by atoms with Crippen molar-refractivity contribution in [2.45, 2.75) is 12.8 Å². The highest BCUT2D eigenvalue weighted by atomic mass is 16.6. The van der Waals surface area contributed by atoms with Crippen LogP contribution in [0.1, 0.15) is 12.8 Å². The molecule has 0 spiro atoms. The highest BCUT2D eigenvalue weighted by Crippen LogP contribution is 2.22. The Labute approximate surface area is 167 Å². The van der Waals surface area contributed by atoms with Gasteiger partial charge in [0.05, 0.1) is 4.92 Å². The first-order valence-corrected chi connectivity index (χ1v) is 9.19. The predicted octanol–water partition coefficient (Wildman–Crippen LogP) is 2.76. The van der Waals surface area contributed by atoms with Crippen LogP contribution < -0.4 is 15.0 Å². The third-order valence-corrected chi connectivity index (χ3v) is 4.39. The summed E-state index contributed by atoms with van der Waals surface area (Å²) >= 11 is 0. The van der Waals surface area contributed by atoms with Gasteiger partial charge in [-0.25, -0.2) is 4.79 Å². The van der Waals surface area contributed by atoms with Crippen molar-refractivity contribution in [3.63, 3.8) is 0 Å². The number of anilines is 2. The van der Waals surface area contributed by atoms with Gasteiger partial charge in [-0.1, -0.05) is 0 Å². The number of hydrogen-bond donors (Lipinski definition) is 1. The second kappa shape index (κ2) is 9.54. The normalized spacial score (nSPS) is 13.0. The fourth-order valence-corrected chi connectivity index (χ4v) is 2.92. The van der Waals surface area contributed by atoms with Gasteiger partial charge in [-0.2, -0.15) is 0 Å². The van der Waals surface area contributed by atoms with Crippen LogP contribution in [-0.4, -0.2) is 43.1 Å². The monoisotopic (exact) mass is 399 g/mol. The lowest BCUT2D eigenvalue weighted by Crippen LogP contribution is -2.23. The maximum atomic E-state index is 11.9. The minimum atomic E-state index is -0.720. The van der Waals surface area contributed by atoms with Gasteiger partial charge >= 0.3 is 5.97 Å². The second-order valence-corrected chi connectivity index (χ2v) is 6.49. The second-order valence-electron chi connectivity index (χ2n) is 6.49. The molecule has 2 aromatic carbocycles. The van der Waals surface area contributed by atoms with Crippen molar-refractivity contribution in [3.05, 3.63) is 58.6 Å². The number of carbonyl (C=O) groups excluding carboxylic acids is 2. The number of hydrogen-bond acceptors (Lipinski definition) is 7. The molecule has 1 fully saturated rings. The number of nitrogens with zero attached hydrogens (tertiary/aromatic N) is 2. The minimum Gasteiger partial charge on any atom is -0.482 e. The number of nitrogens with one attached hydrogen (secondary N) is 1. The molecule has 1 aliphatic rings. The Kier molecular flexibility index (Phi) is 6.62. The maximum absolute atomic E-state index is 11.9. The summed E-state index contributed by atoms with van der Waals surface area (Å²) in [4.78, 5) is 36.0. The molecule has 0 radical (unpaired) electrons. The molecule has 0 unspecified atom stereocenters. The molecular formula is C20H21N3O6. The maximum Gasteiger partial charge on any atom is 0.344 e. The largest absolute Gasteiger partial charge is 0.482 e. The van der Waals surface area contributed by atoms with E-state index >= 15 is 0 Å². The van der Waals surface area contributed by atoms with Crippen LogP contribution in [0.5, 0.6) is 5.75 Å². The van der Waals surface area contributed by atoms with Crippen LogP contribution >= 0.6 is 0 Å². The molecule has 2 aromatic rings. The molecule has 1 amide bonds. The molecule has 9 nitrogen and oxygen atoms in total. The standard InChI is InChI=1S/C20H21N3O6/c24-19(21-15-3-5-16(6-4-15)22-11-1-2-12-22)13-29-20(25)14-28-18-9-7-17(8-10-18)23(26)27/h3-10H,1-2,11-14H2,(H,21,24). The van der Waals surface area contributed by atoms with Gasteiger partial charge in [0.25, 0.3) is 11.6 Å². The Morgan fingerprint density at radius 1 is 1.00 bits per heavy atom. The van der Waals surface area contributed by atoms with Crippen LogP contribution in [0.4, 0.5) is 17.1 Å². The summed E-state index contributed by atoms with van der Waals surface area (Å²) in [6.07, 6.45) is 2.38. The number of amides is 1. The molecule has 0 bridgehead atoms. The fourth-order valence-electron chi connectivity index (χ4n) is 2.92. The van der Waals surface area contributed by atoms with Gasteiger partial charge in [-0.3, -0.25) is 14.9 Å². The summed E-state index contributed by atoms with van der Waals surface area (Å²) in [6.45, 7) is 1.25. The fraction of sp³-hybridized carbons (Fsp3) is 0.300. The van der Waals surface area contributed by atoms with Crippen LogP contribution in [0.25, 0.3) is 0 Å². The zero-order valence-electron chi connectivity index (χ0n) is 15.7. The van der Waals surface area contributed by atoms with Crippen LogP contribution in [0.2, 0.25) is 0 Å². The van der Waals surface area contributed by atoms with E-state index in [1.807, 2.05) is 24.3 Å². The number of benzene rings is 2. The van der Waals surface area contributed by atoms with E-state index in [9.17, 15) is 19.7 Å². The summed E-state index contributed by atoms with van der Waals surface area (Å²) in [5.41, 5.74) is 1.66. The van der Waals surface area contributed by atoms with E-state index in [1.165, 1.54) is 37.1 Å². The summed E-state index contributed by atoms with van der Waals surface area (Å²) in [7, 11) is 0. The summed E-state index contributed by atoms with van der Waals surface area (Å²) in [5.74, 6) is -0.888. The van der Waals surface area contributed by atoms with Crippen LogP contribution in [0.15, 0.2) is 48.5 Å². The first-order chi connectivity index (χ1) is 14.0. The lowest BCUT2D eigenvalue weighted by molar-refractivity contribution is -0.384. The number of non-ortho nitro benzene ring substituents is 1. The molecular weight excluding hydrogens is 378 g/mol. The number of esters is 1. The zero-order chi connectivity index (χ0) is 20.6. The van der Waals surface area contributed by atoms with Crippen molar-refractivity contribution in [3.8, 4) is 5.75 Å². The molecule has 152 valence electrons. The molecule has 0 saturated carbocycles. The Bertz CT molecular complexity index is 861. The average molecular weight is 399 g/mol. The third-order valence-electron chi connectivity index (χ3n) is 4.39. The summed E-state index contributed by atoms with van der Waals surface area (Å²) in [6, 6.07) is 12.8. The van der Waals surface area contributed by atoms with Crippen molar-refractivity contribution in [1.82, 2.24) is 0 Å². The van der Waals surface area contributed by atoms with Crippen molar-refractivity contribution < 1.29 is 24.0 Å². The van der Waals surface area contributed by atoms with E-state index in [-0.39, 0.29) is 11.4 Å². The molecule has 0 aliphatic carbocycles. The first kappa shape index (κ1) is 20.1. The Hall–Kier alpha value is -3.62. The van der Waals surface area contributed by atoms with Gasteiger partial charge < -0.3 is 19.7 Å². The number of carbonyl (C=O) groups is 2. The SMILES string of the molecule is O=C(COC(=O)COc1ccc([N+](=O)[O-])cc1)Nc1ccc(N2CCCC2)cc1. The van der Waals surface area contributed by atoms with E-state index in [0.29, 0.717) is 5.69 Å². The molecule has 0 atom stereocenters. The van der Waals surface area contributed by atoms with Crippen LogP contribution in [-0.2, 0) is 14.3 Å². The summed E-state index contributed by atoms with van der Waals surface area (Å²) < 4.78 is 10.1. The molecule has 0 aromatic heterocycles. The van der Waals surface area contributed by atoms with Crippen LogP contribution in [0, 0.1) is 10.1 Å². The van der Waals surface area contributed by atoms with E-state index in [4.69, 9.17) is 9.47 Å². The van der Waals surface area contributed by atoms with Gasteiger partial charge in [-0.15, -0.1) is 0 Å². The van der Waals surface area contributed by atoms with Gasteiger partial charge in [0, 0.05) is 36.6 Å². The molecule has 1 aliphatic heterocycles. The van der Waals surface area contributed by atoms with Crippen molar-refractivity contribution in [2.75, 3.05) is 36.5 Å². The Morgan fingerprint density at radius 3 is 2.28 bits per heavy atom. The number of rotatable bonds is 8. The van der Waals surface area contributed by atoms with E-state index in [2.05, 4.69) is 10.2 Å². The van der Waals surface area contributed by atoms with Gasteiger partial charge in [0.2, 0.25) is 0 Å². The highest BCUT2D eigenvalue weighted by molar-refractivity contribution is 5.93. The lowest BCUT2D eigenvalue weighted by Gasteiger charge is -2.17. The number of nitro benzene ring substituents is 1. The predicted molar refractivity (Wildman–Crippen MR) is 106 cm³/mol. The third kappa shape index (κ3) is 5.93. The summed E-state index contributed by atoms with van der Waals surface area (Å²) in [5, 5.41) is 13.3. The lowest BCUT2D eigenvalue weighted by atomic mass is 10.2. The van der Waals surface area contributed by atoms with Crippen molar-refractivity contribution in [2.24, 2.45) is 0 Å². The van der Waals surface area contributed by atoms with Crippen LogP contribution in [0.3, 0.4) is 0 Å². The Balaban J connectivity index is 1.38. The molecule has 1 saturated heterocycles. The number of nitro groups is 1. The Morgan fingerprint density at radius 2 is 1.66 bits per heavy atom. The molecule has 1 heterocycles. The van der Waals surface area contributed by atoms with E-state index in [0.717, 1.165) is 18.8 Å². The zero-order valence-corrected chi connectivity index (χ0v) is 15.7. The minimum absolute atomic E-state index is 0.0786. The number of ether oxygens (including phenoxy) is 2. The molecule has 3 rings (SSSR count). The molecule has 9 heteroatoms. The molecule has 29 heavy (non-hydrogen) atoms. The van der Waals surface area contributed by atoms with E-state index in [1.54, 1.807) is 0 Å². The van der Waals surface area contributed by atoms with Gasteiger partial charge in [0.1, 0.15) is 5.75 Å². The van der Waals surface area contributed by atoms with Gasteiger partial charge in [-0.05, 0) is 49.2 Å². The van der Waals surface area contributed by atoms with Gasteiger partial charge in [0.15, 0.2) is 13.2 Å². The highest BCUT2D eigenvalue weighted by Gasteiger charge is 2.13. The molecule has 1 N–H and O–H groups in total. The van der Waals surface area contributed by atoms with Crippen molar-refractivity contribution >= 4 is 28.9 Å². The van der Waals surface area contributed by atoms with E-state index < -0.39 is 30.0 Å².